The number of ether oxygens (including phenoxy) is 1. The highest BCUT2D eigenvalue weighted by atomic mass is 16.5. The molecule has 1 aromatic rings. The lowest BCUT2D eigenvalue weighted by Crippen LogP contribution is -2.35. The third-order valence-corrected chi connectivity index (χ3v) is 4.56. The van der Waals surface area contributed by atoms with Gasteiger partial charge in [-0.05, 0) is 56.1 Å². The molecule has 1 fully saturated rings. The lowest BCUT2D eigenvalue weighted by Gasteiger charge is -2.30. The van der Waals surface area contributed by atoms with E-state index in [1.165, 1.54) is 30.6 Å². The van der Waals surface area contributed by atoms with Gasteiger partial charge in [0.15, 0.2) is 0 Å². The minimum Gasteiger partial charge on any atom is -0.496 e. The van der Waals surface area contributed by atoms with Crippen molar-refractivity contribution in [3.8, 4) is 5.75 Å². The van der Waals surface area contributed by atoms with Crippen molar-refractivity contribution in [1.82, 2.24) is 9.80 Å². The van der Waals surface area contributed by atoms with Crippen molar-refractivity contribution in [2.24, 2.45) is 5.41 Å². The quantitative estimate of drug-likeness (QED) is 0.719. The number of hydrogen-bond acceptors (Lipinski definition) is 3. The SMILES string of the molecule is C=CCc1cc(CN(C)CC2(C)CCN(C)C2)ccc1OC. The van der Waals surface area contributed by atoms with Gasteiger partial charge in [-0.3, -0.25) is 0 Å². The number of benzene rings is 1. The van der Waals surface area contributed by atoms with E-state index in [2.05, 4.69) is 55.6 Å². The van der Waals surface area contributed by atoms with E-state index in [1.807, 2.05) is 6.08 Å². The molecule has 0 bridgehead atoms. The van der Waals surface area contributed by atoms with Crippen LogP contribution in [0, 0.1) is 5.41 Å². The Morgan fingerprint density at radius 3 is 2.82 bits per heavy atom. The van der Waals surface area contributed by atoms with E-state index < -0.39 is 0 Å². The Balaban J connectivity index is 2.00. The van der Waals surface area contributed by atoms with Gasteiger partial charge in [0.25, 0.3) is 0 Å². The van der Waals surface area contributed by atoms with Gasteiger partial charge in [-0.1, -0.05) is 25.1 Å². The molecule has 1 aliphatic heterocycles. The zero-order chi connectivity index (χ0) is 16.2. The third-order valence-electron chi connectivity index (χ3n) is 4.56. The first-order chi connectivity index (χ1) is 10.5. The number of likely N-dealkylation sites (tertiary alicyclic amines) is 1. The van der Waals surface area contributed by atoms with Crippen molar-refractivity contribution in [3.63, 3.8) is 0 Å². The fourth-order valence-corrected chi connectivity index (χ4v) is 3.66. The van der Waals surface area contributed by atoms with Crippen LogP contribution < -0.4 is 4.74 Å². The van der Waals surface area contributed by atoms with E-state index in [0.717, 1.165) is 25.3 Å². The molecule has 1 atom stereocenters. The maximum absolute atomic E-state index is 5.43. The van der Waals surface area contributed by atoms with E-state index in [9.17, 15) is 0 Å². The molecule has 2 rings (SSSR count). The van der Waals surface area contributed by atoms with Gasteiger partial charge in [0.1, 0.15) is 5.75 Å². The molecule has 0 saturated carbocycles. The summed E-state index contributed by atoms with van der Waals surface area (Å²) in [6, 6.07) is 6.50. The van der Waals surface area contributed by atoms with Gasteiger partial charge in [-0.25, -0.2) is 0 Å². The first-order valence-corrected chi connectivity index (χ1v) is 8.09. The van der Waals surface area contributed by atoms with Crippen LogP contribution in [0.1, 0.15) is 24.5 Å². The predicted octanol–water partition coefficient (Wildman–Crippen LogP) is 3.20. The molecular formula is C19H30N2O. The smallest absolute Gasteiger partial charge is 0.122 e. The monoisotopic (exact) mass is 302 g/mol. The van der Waals surface area contributed by atoms with Crippen molar-refractivity contribution >= 4 is 0 Å². The van der Waals surface area contributed by atoms with Gasteiger partial charge >= 0.3 is 0 Å². The Hall–Kier alpha value is -1.32. The molecule has 1 saturated heterocycles. The highest BCUT2D eigenvalue weighted by molar-refractivity contribution is 5.38. The van der Waals surface area contributed by atoms with Crippen LogP contribution in [0.5, 0.6) is 5.75 Å². The molecule has 3 nitrogen and oxygen atoms in total. The Morgan fingerprint density at radius 2 is 2.23 bits per heavy atom. The maximum atomic E-state index is 5.43. The summed E-state index contributed by atoms with van der Waals surface area (Å²) in [5, 5.41) is 0. The zero-order valence-electron chi connectivity index (χ0n) is 14.6. The molecule has 22 heavy (non-hydrogen) atoms. The predicted molar refractivity (Wildman–Crippen MR) is 93.5 cm³/mol. The molecule has 1 aliphatic rings. The van der Waals surface area contributed by atoms with Crippen LogP contribution >= 0.6 is 0 Å². The van der Waals surface area contributed by atoms with Gasteiger partial charge in [-0.15, -0.1) is 6.58 Å². The fourth-order valence-electron chi connectivity index (χ4n) is 3.66. The van der Waals surface area contributed by atoms with Crippen molar-refractivity contribution in [3.05, 3.63) is 42.0 Å². The molecule has 0 N–H and O–H groups in total. The van der Waals surface area contributed by atoms with Crippen LogP contribution in [0.2, 0.25) is 0 Å². The molecule has 0 amide bonds. The summed E-state index contributed by atoms with van der Waals surface area (Å²) in [4.78, 5) is 4.88. The summed E-state index contributed by atoms with van der Waals surface area (Å²) < 4.78 is 5.43. The van der Waals surface area contributed by atoms with E-state index in [1.54, 1.807) is 7.11 Å². The second kappa shape index (κ2) is 7.30. The minimum atomic E-state index is 0.417. The number of rotatable bonds is 7. The average molecular weight is 302 g/mol. The Kier molecular flexibility index (Phi) is 5.65. The van der Waals surface area contributed by atoms with Crippen molar-refractivity contribution in [2.45, 2.75) is 26.3 Å². The molecule has 0 aromatic heterocycles. The molecule has 0 spiro atoms. The van der Waals surface area contributed by atoms with Gasteiger partial charge in [0.2, 0.25) is 0 Å². The Labute approximate surface area is 135 Å². The number of methoxy groups -OCH3 is 1. The molecule has 1 aromatic carbocycles. The molecule has 1 heterocycles. The largest absolute Gasteiger partial charge is 0.496 e. The third kappa shape index (κ3) is 4.34. The van der Waals surface area contributed by atoms with Crippen LogP contribution in [0.3, 0.4) is 0 Å². The number of hydrogen-bond donors (Lipinski definition) is 0. The fraction of sp³-hybridized carbons (Fsp3) is 0.579. The first-order valence-electron chi connectivity index (χ1n) is 8.09. The molecule has 0 aliphatic carbocycles. The van der Waals surface area contributed by atoms with Gasteiger partial charge in [0.05, 0.1) is 7.11 Å². The first kappa shape index (κ1) is 17.0. The lowest BCUT2D eigenvalue weighted by molar-refractivity contribution is 0.190. The highest BCUT2D eigenvalue weighted by Gasteiger charge is 2.32. The van der Waals surface area contributed by atoms with Crippen LogP contribution in [0.4, 0.5) is 0 Å². The normalized spacial score (nSPS) is 22.2. The van der Waals surface area contributed by atoms with Gasteiger partial charge in [0, 0.05) is 19.6 Å². The second-order valence-electron chi connectivity index (χ2n) is 7.11. The van der Waals surface area contributed by atoms with Crippen molar-refractivity contribution in [2.75, 3.05) is 40.8 Å². The van der Waals surface area contributed by atoms with Gasteiger partial charge < -0.3 is 14.5 Å². The average Bonchev–Trinajstić information content (AvgIpc) is 2.78. The molecular weight excluding hydrogens is 272 g/mol. The van der Waals surface area contributed by atoms with E-state index in [4.69, 9.17) is 4.74 Å². The summed E-state index contributed by atoms with van der Waals surface area (Å²) in [6.45, 7) is 10.8. The topological polar surface area (TPSA) is 15.7 Å². The molecule has 122 valence electrons. The van der Waals surface area contributed by atoms with Crippen LogP contribution in [0.25, 0.3) is 0 Å². The van der Waals surface area contributed by atoms with E-state index in [-0.39, 0.29) is 0 Å². The van der Waals surface area contributed by atoms with Gasteiger partial charge in [-0.2, -0.15) is 0 Å². The summed E-state index contributed by atoms with van der Waals surface area (Å²) in [5.74, 6) is 0.954. The molecule has 0 radical (unpaired) electrons. The lowest BCUT2D eigenvalue weighted by atomic mass is 9.89. The summed E-state index contributed by atoms with van der Waals surface area (Å²) >= 11 is 0. The zero-order valence-corrected chi connectivity index (χ0v) is 14.6. The molecule has 3 heteroatoms. The summed E-state index contributed by atoms with van der Waals surface area (Å²) in [6.07, 6.45) is 4.07. The maximum Gasteiger partial charge on any atom is 0.122 e. The minimum absolute atomic E-state index is 0.417. The van der Waals surface area contributed by atoms with Crippen LogP contribution in [0.15, 0.2) is 30.9 Å². The summed E-state index contributed by atoms with van der Waals surface area (Å²) in [5.41, 5.74) is 2.98. The Morgan fingerprint density at radius 1 is 1.45 bits per heavy atom. The standard InChI is InChI=1S/C19H30N2O/c1-6-7-17-12-16(8-9-18(17)22-5)13-21(4)15-19(2)10-11-20(3)14-19/h6,8-9,12H,1,7,10-11,13-15H2,2-5H3. The number of allylic oxidation sites excluding steroid dienone is 1. The molecule has 1 unspecified atom stereocenters. The van der Waals surface area contributed by atoms with Crippen molar-refractivity contribution < 1.29 is 4.74 Å². The highest BCUT2D eigenvalue weighted by Crippen LogP contribution is 2.30. The number of nitrogens with zero attached hydrogens (tertiary/aromatic N) is 2. The van der Waals surface area contributed by atoms with Crippen LogP contribution in [-0.4, -0.2) is 50.6 Å². The van der Waals surface area contributed by atoms with Crippen LogP contribution in [-0.2, 0) is 13.0 Å². The summed E-state index contributed by atoms with van der Waals surface area (Å²) in [7, 11) is 6.17. The van der Waals surface area contributed by atoms with Crippen molar-refractivity contribution in [1.29, 1.82) is 0 Å². The second-order valence-corrected chi connectivity index (χ2v) is 7.11. The Bertz CT molecular complexity index is 514. The van der Waals surface area contributed by atoms with E-state index in [0.29, 0.717) is 5.41 Å². The van der Waals surface area contributed by atoms with E-state index >= 15 is 0 Å².